The van der Waals surface area contributed by atoms with Gasteiger partial charge in [-0.3, -0.25) is 4.79 Å². The topological polar surface area (TPSA) is 98.0 Å². The number of aryl methyl sites for hydroxylation is 1. The zero-order valence-electron chi connectivity index (χ0n) is 18.0. The second-order valence-electron chi connectivity index (χ2n) is 7.96. The zero-order valence-corrected chi connectivity index (χ0v) is 18.0. The molecule has 33 heavy (non-hydrogen) atoms. The van der Waals surface area contributed by atoms with Gasteiger partial charge in [-0.2, -0.15) is 0 Å². The minimum Gasteiger partial charge on any atom is -0.478 e. The first-order valence-corrected chi connectivity index (χ1v) is 10.5. The van der Waals surface area contributed by atoms with Crippen LogP contribution in [0.1, 0.15) is 34.5 Å². The number of benzene rings is 3. The van der Waals surface area contributed by atoms with E-state index in [0.717, 1.165) is 11.1 Å². The third-order valence-electron chi connectivity index (χ3n) is 5.66. The van der Waals surface area contributed by atoms with E-state index in [4.69, 9.17) is 13.9 Å². The molecule has 0 saturated carbocycles. The number of ether oxygens (including phenoxy) is 2. The molecule has 0 aliphatic carbocycles. The van der Waals surface area contributed by atoms with E-state index in [9.17, 15) is 14.7 Å². The molecular weight excluding hydrogens is 422 g/mol. The van der Waals surface area contributed by atoms with Gasteiger partial charge in [-0.1, -0.05) is 24.3 Å². The maximum absolute atomic E-state index is 13.1. The molecule has 1 unspecified atom stereocenters. The van der Waals surface area contributed by atoms with Gasteiger partial charge in [-0.15, -0.1) is 0 Å². The summed E-state index contributed by atoms with van der Waals surface area (Å²) in [7, 11) is 0. The molecule has 2 N–H and O–H groups in total. The molecule has 0 saturated heterocycles. The third-order valence-corrected chi connectivity index (χ3v) is 5.66. The number of carbonyl (C=O) groups is 1. The summed E-state index contributed by atoms with van der Waals surface area (Å²) in [5.41, 5.74) is 3.19. The summed E-state index contributed by atoms with van der Waals surface area (Å²) in [6, 6.07) is 17.0. The first-order chi connectivity index (χ1) is 15.9. The highest BCUT2D eigenvalue weighted by molar-refractivity contribution is 5.94. The van der Waals surface area contributed by atoms with Gasteiger partial charge in [0.1, 0.15) is 11.3 Å². The minimum atomic E-state index is -1.02. The van der Waals surface area contributed by atoms with E-state index in [1.165, 1.54) is 6.07 Å². The van der Waals surface area contributed by atoms with Gasteiger partial charge in [-0.25, -0.2) is 4.79 Å². The number of aromatic carboxylic acids is 1. The first kappa shape index (κ1) is 20.6. The van der Waals surface area contributed by atoms with Gasteiger partial charge in [0, 0.05) is 17.3 Å². The van der Waals surface area contributed by atoms with E-state index in [1.807, 2.05) is 32.0 Å². The van der Waals surface area contributed by atoms with Crippen LogP contribution in [0.4, 0.5) is 5.69 Å². The Hall–Kier alpha value is -4.26. The first-order valence-electron chi connectivity index (χ1n) is 10.5. The Morgan fingerprint density at radius 1 is 1.06 bits per heavy atom. The van der Waals surface area contributed by atoms with Crippen molar-refractivity contribution in [1.82, 2.24) is 0 Å². The predicted molar refractivity (Wildman–Crippen MR) is 124 cm³/mol. The molecule has 4 aromatic rings. The maximum atomic E-state index is 13.1. The number of hydrogen-bond donors (Lipinski definition) is 2. The van der Waals surface area contributed by atoms with Crippen LogP contribution < -0.4 is 20.2 Å². The van der Waals surface area contributed by atoms with Crippen molar-refractivity contribution in [3.8, 4) is 22.8 Å². The Bertz CT molecular complexity index is 1460. The second-order valence-corrected chi connectivity index (χ2v) is 7.96. The van der Waals surface area contributed by atoms with Crippen molar-refractivity contribution in [2.45, 2.75) is 19.9 Å². The van der Waals surface area contributed by atoms with E-state index in [0.29, 0.717) is 39.5 Å². The second kappa shape index (κ2) is 8.02. The lowest BCUT2D eigenvalue weighted by Gasteiger charge is -2.19. The summed E-state index contributed by atoms with van der Waals surface area (Å²) < 4.78 is 17.3. The van der Waals surface area contributed by atoms with Crippen LogP contribution in [-0.2, 0) is 0 Å². The Labute approximate surface area is 189 Å². The van der Waals surface area contributed by atoms with Gasteiger partial charge in [0.05, 0.1) is 22.6 Å². The highest BCUT2D eigenvalue weighted by atomic mass is 16.7. The summed E-state index contributed by atoms with van der Waals surface area (Å²) in [5.74, 6) is 0.487. The number of rotatable bonds is 5. The smallest absolute Gasteiger partial charge is 0.337 e. The molecule has 0 spiro atoms. The quantitative estimate of drug-likeness (QED) is 0.428. The Morgan fingerprint density at radius 3 is 2.70 bits per heavy atom. The SMILES string of the molecule is Cc1cc(C(C)Nc2ccccc2C(=O)O)c2oc(-c3cccc4c3OCO4)cc(=O)c2c1. The predicted octanol–water partition coefficient (Wildman–Crippen LogP) is 5.37. The molecule has 166 valence electrons. The lowest BCUT2D eigenvalue weighted by molar-refractivity contribution is 0.0698. The maximum Gasteiger partial charge on any atom is 0.337 e. The lowest BCUT2D eigenvalue weighted by Crippen LogP contribution is -2.12. The molecule has 1 aliphatic rings. The molecule has 7 heteroatoms. The van der Waals surface area contributed by atoms with Gasteiger partial charge in [0.2, 0.25) is 6.79 Å². The van der Waals surface area contributed by atoms with Crippen LogP contribution in [0, 0.1) is 6.92 Å². The van der Waals surface area contributed by atoms with Crippen molar-refractivity contribution >= 4 is 22.6 Å². The number of para-hydroxylation sites is 2. The molecule has 1 aliphatic heterocycles. The molecule has 7 nitrogen and oxygen atoms in total. The third kappa shape index (κ3) is 3.67. The monoisotopic (exact) mass is 443 g/mol. The molecule has 1 aromatic heterocycles. The van der Waals surface area contributed by atoms with Crippen LogP contribution in [0.2, 0.25) is 0 Å². The largest absolute Gasteiger partial charge is 0.478 e. The van der Waals surface area contributed by atoms with Crippen LogP contribution in [0.5, 0.6) is 11.5 Å². The number of fused-ring (bicyclic) bond motifs is 2. The number of anilines is 1. The summed E-state index contributed by atoms with van der Waals surface area (Å²) in [4.78, 5) is 24.7. The fraction of sp³-hybridized carbons (Fsp3) is 0.154. The number of nitrogens with one attached hydrogen (secondary N) is 1. The number of hydrogen-bond acceptors (Lipinski definition) is 6. The zero-order chi connectivity index (χ0) is 23.1. The fourth-order valence-corrected chi connectivity index (χ4v) is 4.12. The van der Waals surface area contributed by atoms with Crippen LogP contribution in [0.3, 0.4) is 0 Å². The average Bonchev–Trinajstić information content (AvgIpc) is 3.28. The standard InChI is InChI=1S/C26H21NO6/c1-14-10-18(15(2)27-20-8-4-3-6-16(20)26(29)30)24-19(11-14)21(28)12-23(33-24)17-7-5-9-22-25(17)32-13-31-22/h3-12,15,27H,13H2,1-2H3,(H,29,30). The molecule has 3 aromatic carbocycles. The van der Waals surface area contributed by atoms with Crippen LogP contribution in [0.25, 0.3) is 22.3 Å². The van der Waals surface area contributed by atoms with E-state index in [-0.39, 0.29) is 23.8 Å². The number of carboxylic acid groups (broad SMARTS) is 1. The van der Waals surface area contributed by atoms with Crippen molar-refractivity contribution < 1.29 is 23.8 Å². The van der Waals surface area contributed by atoms with E-state index in [2.05, 4.69) is 5.32 Å². The molecule has 1 atom stereocenters. The Balaban J connectivity index is 1.65. The summed E-state index contributed by atoms with van der Waals surface area (Å²) in [6.45, 7) is 3.92. The average molecular weight is 443 g/mol. The van der Waals surface area contributed by atoms with Crippen LogP contribution >= 0.6 is 0 Å². The van der Waals surface area contributed by atoms with Crippen molar-refractivity contribution in [3.63, 3.8) is 0 Å². The fourth-order valence-electron chi connectivity index (χ4n) is 4.12. The highest BCUT2D eigenvalue weighted by Crippen LogP contribution is 2.42. The summed E-state index contributed by atoms with van der Waals surface area (Å²) in [5, 5.41) is 13.2. The minimum absolute atomic E-state index is 0.110. The molecule has 2 heterocycles. The normalized spacial score (nSPS) is 13.2. The molecule has 0 bridgehead atoms. The van der Waals surface area contributed by atoms with E-state index < -0.39 is 5.97 Å². The molecule has 0 radical (unpaired) electrons. The van der Waals surface area contributed by atoms with E-state index >= 15 is 0 Å². The van der Waals surface area contributed by atoms with Gasteiger partial charge >= 0.3 is 5.97 Å². The number of carboxylic acids is 1. The van der Waals surface area contributed by atoms with Gasteiger partial charge < -0.3 is 24.3 Å². The van der Waals surface area contributed by atoms with Crippen molar-refractivity contribution in [1.29, 1.82) is 0 Å². The van der Waals surface area contributed by atoms with E-state index in [1.54, 1.807) is 36.4 Å². The Kier molecular flexibility index (Phi) is 5.01. The summed E-state index contributed by atoms with van der Waals surface area (Å²) >= 11 is 0. The summed E-state index contributed by atoms with van der Waals surface area (Å²) in [6.07, 6.45) is 0. The van der Waals surface area contributed by atoms with Crippen molar-refractivity contribution in [2.24, 2.45) is 0 Å². The van der Waals surface area contributed by atoms with Gasteiger partial charge in [0.25, 0.3) is 0 Å². The van der Waals surface area contributed by atoms with Gasteiger partial charge in [-0.05, 0) is 49.7 Å². The lowest BCUT2D eigenvalue weighted by atomic mass is 10.00. The molecule has 5 rings (SSSR count). The molecule has 0 amide bonds. The Morgan fingerprint density at radius 2 is 1.88 bits per heavy atom. The highest BCUT2D eigenvalue weighted by Gasteiger charge is 2.22. The molecule has 0 fully saturated rings. The molecular formula is C26H21NO6. The van der Waals surface area contributed by atoms with Crippen molar-refractivity contribution in [3.05, 3.63) is 87.6 Å². The van der Waals surface area contributed by atoms with Crippen molar-refractivity contribution in [2.75, 3.05) is 12.1 Å². The van der Waals surface area contributed by atoms with Crippen LogP contribution in [0.15, 0.2) is 69.9 Å². The van der Waals surface area contributed by atoms with Crippen LogP contribution in [-0.4, -0.2) is 17.9 Å². The van der Waals surface area contributed by atoms with Gasteiger partial charge in [0.15, 0.2) is 16.9 Å².